The van der Waals surface area contributed by atoms with E-state index in [9.17, 15) is 4.79 Å². The number of aryl methyl sites for hydroxylation is 1. The third-order valence-electron chi connectivity index (χ3n) is 5.10. The molecule has 1 aromatic heterocycles. The lowest BCUT2D eigenvalue weighted by molar-refractivity contribution is -0.113. The molecule has 2 aromatic carbocycles. The number of halogens is 1. The Balaban J connectivity index is 1.92. The van der Waals surface area contributed by atoms with Crippen LogP contribution >= 0.6 is 23.4 Å². The van der Waals surface area contributed by atoms with E-state index in [0.29, 0.717) is 28.1 Å². The van der Waals surface area contributed by atoms with Crippen LogP contribution in [0.15, 0.2) is 36.4 Å². The molecule has 0 bridgehead atoms. The van der Waals surface area contributed by atoms with Crippen molar-refractivity contribution in [2.24, 2.45) is 0 Å². The fraction of sp³-hybridized carbons (Fsp3) is 0.273. The molecule has 1 aliphatic rings. The summed E-state index contributed by atoms with van der Waals surface area (Å²) in [5, 5.41) is 8.18. The molecule has 2 heterocycles. The summed E-state index contributed by atoms with van der Waals surface area (Å²) in [5.41, 5.74) is 3.40. The van der Waals surface area contributed by atoms with E-state index >= 15 is 0 Å². The first-order valence-corrected chi connectivity index (χ1v) is 11.0. The number of methoxy groups -OCH3 is 3. The van der Waals surface area contributed by atoms with Gasteiger partial charge in [0.05, 0.1) is 43.7 Å². The minimum atomic E-state index is -0.204. The van der Waals surface area contributed by atoms with Crippen molar-refractivity contribution in [1.82, 2.24) is 9.78 Å². The number of aromatic nitrogens is 2. The van der Waals surface area contributed by atoms with E-state index in [1.165, 1.54) is 11.8 Å². The molecule has 0 unspecified atom stereocenters. The molecule has 0 radical (unpaired) electrons. The van der Waals surface area contributed by atoms with E-state index in [-0.39, 0.29) is 16.9 Å². The van der Waals surface area contributed by atoms with Crippen molar-refractivity contribution in [3.05, 3.63) is 58.2 Å². The molecular weight excluding hydrogens is 438 g/mol. The van der Waals surface area contributed by atoms with Crippen LogP contribution in [0.4, 0.5) is 5.82 Å². The minimum Gasteiger partial charge on any atom is -0.493 e. The van der Waals surface area contributed by atoms with Gasteiger partial charge in [-0.05, 0) is 43.3 Å². The van der Waals surface area contributed by atoms with Crippen molar-refractivity contribution in [3.63, 3.8) is 0 Å². The van der Waals surface area contributed by atoms with Gasteiger partial charge in [-0.3, -0.25) is 4.79 Å². The monoisotopic (exact) mass is 459 g/mol. The van der Waals surface area contributed by atoms with Gasteiger partial charge in [0.25, 0.3) is 0 Å². The van der Waals surface area contributed by atoms with Crippen LogP contribution in [-0.4, -0.2) is 42.8 Å². The van der Waals surface area contributed by atoms with Gasteiger partial charge in [-0.1, -0.05) is 11.6 Å². The number of rotatable bonds is 5. The molecular formula is C22H22ClN3O4S. The molecule has 0 fully saturated rings. The van der Waals surface area contributed by atoms with Gasteiger partial charge >= 0.3 is 0 Å². The Hall–Kier alpha value is -2.84. The highest BCUT2D eigenvalue weighted by atomic mass is 35.5. The number of amides is 1. The smallest absolute Gasteiger partial charge is 0.235 e. The number of ether oxygens (including phenoxy) is 3. The number of carbonyl (C=O) groups is 1. The lowest BCUT2D eigenvalue weighted by Crippen LogP contribution is -2.15. The summed E-state index contributed by atoms with van der Waals surface area (Å²) in [5.74, 6) is 2.48. The van der Waals surface area contributed by atoms with Crippen LogP contribution in [0.5, 0.6) is 17.2 Å². The zero-order valence-electron chi connectivity index (χ0n) is 17.6. The number of nitrogens with one attached hydrogen (secondary N) is 1. The summed E-state index contributed by atoms with van der Waals surface area (Å²) < 4.78 is 18.5. The first-order chi connectivity index (χ1) is 15.0. The number of thioether (sulfide) groups is 1. The maximum absolute atomic E-state index is 12.6. The molecule has 7 nitrogen and oxygen atoms in total. The van der Waals surface area contributed by atoms with Gasteiger partial charge in [-0.25, -0.2) is 4.68 Å². The SMILES string of the molecule is COc1ccc([C@H]2SCC(=O)Nc3c2c(C)nn3-c2ccc(Cl)cc2)c(OC)c1OC. The van der Waals surface area contributed by atoms with Gasteiger partial charge in [0.15, 0.2) is 11.5 Å². The Labute approximate surface area is 189 Å². The normalized spacial score (nSPS) is 15.6. The summed E-state index contributed by atoms with van der Waals surface area (Å²) in [6.07, 6.45) is 0. The maximum atomic E-state index is 12.6. The van der Waals surface area contributed by atoms with Gasteiger partial charge < -0.3 is 19.5 Å². The summed E-state index contributed by atoms with van der Waals surface area (Å²) in [6, 6.07) is 11.1. The fourth-order valence-electron chi connectivity index (χ4n) is 3.73. The van der Waals surface area contributed by atoms with Gasteiger partial charge in [-0.15, -0.1) is 11.8 Å². The van der Waals surface area contributed by atoms with Gasteiger partial charge in [0.2, 0.25) is 11.7 Å². The standard InChI is InChI=1S/C22H22ClN3O4S/c1-12-18-21(15-9-10-16(28-2)20(30-4)19(15)29-3)31-11-17(27)24-22(18)26(25-12)14-7-5-13(23)6-8-14/h5-10,21H,11H2,1-4H3,(H,24,27)/t21-/m1/s1. The van der Waals surface area contributed by atoms with Crippen molar-refractivity contribution in [2.45, 2.75) is 12.2 Å². The van der Waals surface area contributed by atoms with Crippen molar-refractivity contribution in [1.29, 1.82) is 0 Å². The van der Waals surface area contributed by atoms with Gasteiger partial charge in [0.1, 0.15) is 5.82 Å². The van der Waals surface area contributed by atoms with Crippen molar-refractivity contribution < 1.29 is 19.0 Å². The largest absolute Gasteiger partial charge is 0.493 e. The van der Waals surface area contributed by atoms with Crippen molar-refractivity contribution in [2.75, 3.05) is 32.4 Å². The molecule has 162 valence electrons. The average Bonchev–Trinajstić information content (AvgIpc) is 2.98. The molecule has 1 N–H and O–H groups in total. The summed E-state index contributed by atoms with van der Waals surface area (Å²) in [7, 11) is 4.75. The van der Waals surface area contributed by atoms with Gasteiger partial charge in [-0.2, -0.15) is 5.10 Å². The Morgan fingerprint density at radius 1 is 1.06 bits per heavy atom. The average molecular weight is 460 g/mol. The fourth-order valence-corrected chi connectivity index (χ4v) is 5.06. The number of carbonyl (C=O) groups excluding carboxylic acids is 1. The molecule has 4 rings (SSSR count). The quantitative estimate of drug-likeness (QED) is 0.599. The van der Waals surface area contributed by atoms with E-state index < -0.39 is 0 Å². The Morgan fingerprint density at radius 2 is 1.77 bits per heavy atom. The molecule has 31 heavy (non-hydrogen) atoms. The molecule has 1 amide bonds. The van der Waals surface area contributed by atoms with E-state index in [2.05, 4.69) is 5.32 Å². The number of hydrogen-bond acceptors (Lipinski definition) is 6. The van der Waals surface area contributed by atoms with Crippen molar-refractivity contribution >= 4 is 35.1 Å². The number of hydrogen-bond donors (Lipinski definition) is 1. The first-order valence-electron chi connectivity index (χ1n) is 9.54. The van der Waals surface area contributed by atoms with E-state index in [1.807, 2.05) is 31.2 Å². The van der Waals surface area contributed by atoms with Gasteiger partial charge in [0, 0.05) is 16.1 Å². The highest BCUT2D eigenvalue weighted by Crippen LogP contribution is 2.50. The second-order valence-corrected chi connectivity index (χ2v) is 8.43. The number of anilines is 1. The number of nitrogens with zero attached hydrogens (tertiary/aromatic N) is 2. The first kappa shape index (κ1) is 21.4. The molecule has 1 aliphatic heterocycles. The molecule has 0 saturated carbocycles. The zero-order chi connectivity index (χ0) is 22.1. The maximum Gasteiger partial charge on any atom is 0.235 e. The van der Waals surface area contributed by atoms with Crippen LogP contribution in [-0.2, 0) is 4.79 Å². The zero-order valence-corrected chi connectivity index (χ0v) is 19.1. The third kappa shape index (κ3) is 3.81. The summed E-state index contributed by atoms with van der Waals surface area (Å²) in [6.45, 7) is 1.93. The summed E-state index contributed by atoms with van der Waals surface area (Å²) in [4.78, 5) is 12.6. The van der Waals surface area contributed by atoms with E-state index in [4.69, 9.17) is 30.9 Å². The van der Waals surface area contributed by atoms with Crippen LogP contribution in [0.3, 0.4) is 0 Å². The molecule has 1 atom stereocenters. The lowest BCUT2D eigenvalue weighted by atomic mass is 10.0. The Morgan fingerprint density at radius 3 is 2.42 bits per heavy atom. The van der Waals surface area contributed by atoms with E-state index in [1.54, 1.807) is 38.1 Å². The number of fused-ring (bicyclic) bond motifs is 1. The molecule has 0 aliphatic carbocycles. The van der Waals surface area contributed by atoms with Crippen LogP contribution < -0.4 is 19.5 Å². The second kappa shape index (κ2) is 8.72. The summed E-state index contributed by atoms with van der Waals surface area (Å²) >= 11 is 7.56. The topological polar surface area (TPSA) is 74.6 Å². The third-order valence-corrected chi connectivity index (χ3v) is 6.60. The Bertz CT molecular complexity index is 1130. The minimum absolute atomic E-state index is 0.0942. The highest BCUT2D eigenvalue weighted by molar-refractivity contribution is 8.00. The van der Waals surface area contributed by atoms with Crippen LogP contribution in [0.1, 0.15) is 22.1 Å². The lowest BCUT2D eigenvalue weighted by Gasteiger charge is -2.21. The Kier molecular flexibility index (Phi) is 6.02. The molecule has 0 saturated heterocycles. The van der Waals surface area contributed by atoms with Crippen LogP contribution in [0.2, 0.25) is 5.02 Å². The second-order valence-electron chi connectivity index (χ2n) is 6.90. The highest BCUT2D eigenvalue weighted by Gasteiger charge is 2.33. The van der Waals surface area contributed by atoms with Crippen LogP contribution in [0, 0.1) is 6.92 Å². The van der Waals surface area contributed by atoms with Crippen LogP contribution in [0.25, 0.3) is 5.69 Å². The predicted molar refractivity (Wildman–Crippen MR) is 122 cm³/mol. The number of benzene rings is 2. The van der Waals surface area contributed by atoms with E-state index in [0.717, 1.165) is 22.5 Å². The molecule has 9 heteroatoms. The predicted octanol–water partition coefficient (Wildman–Crippen LogP) is 4.63. The molecule has 0 spiro atoms. The van der Waals surface area contributed by atoms with Crippen molar-refractivity contribution in [3.8, 4) is 22.9 Å². The molecule has 3 aromatic rings.